The molecule has 0 radical (unpaired) electrons. The van der Waals surface area contributed by atoms with Gasteiger partial charge in [0.15, 0.2) is 0 Å². The van der Waals surface area contributed by atoms with Crippen molar-refractivity contribution in [3.05, 3.63) is 31.9 Å². The number of thioether (sulfide) groups is 1. The average Bonchev–Trinajstić information content (AvgIpc) is 3.07. The SMILES string of the molecule is CCCCC(CC)CN1C(=O)/C(=C\c2c(C)c(C#N)c(=O)n(C)c2N2CC(C)OC(C)C2)SC1=S. The highest BCUT2D eigenvalue weighted by Crippen LogP contribution is 2.37. The van der Waals surface area contributed by atoms with Gasteiger partial charge in [0.1, 0.15) is 21.8 Å². The molecule has 1 aromatic rings. The molecule has 9 heteroatoms. The monoisotopic (exact) mass is 516 g/mol. The molecule has 1 amide bonds. The number of morpholine rings is 1. The molecule has 35 heavy (non-hydrogen) atoms. The molecule has 2 saturated heterocycles. The number of carbonyl (C=O) groups is 1. The number of nitriles is 1. The number of carbonyl (C=O) groups excluding carboxylic acids is 1. The van der Waals surface area contributed by atoms with Gasteiger partial charge in [-0.05, 0) is 44.7 Å². The molecule has 2 aliphatic rings. The molecule has 2 aliphatic heterocycles. The van der Waals surface area contributed by atoms with Gasteiger partial charge in [-0.25, -0.2) is 0 Å². The topological polar surface area (TPSA) is 78.6 Å². The van der Waals surface area contributed by atoms with Crippen molar-refractivity contribution in [2.45, 2.75) is 72.5 Å². The van der Waals surface area contributed by atoms with Crippen LogP contribution in [-0.4, -0.2) is 51.5 Å². The number of nitrogens with zero attached hydrogens (tertiary/aromatic N) is 4. The van der Waals surface area contributed by atoms with Gasteiger partial charge < -0.3 is 9.64 Å². The van der Waals surface area contributed by atoms with Crippen molar-refractivity contribution in [1.82, 2.24) is 9.47 Å². The van der Waals surface area contributed by atoms with Crippen LogP contribution in [0.15, 0.2) is 9.70 Å². The first-order valence-corrected chi connectivity index (χ1v) is 13.6. The zero-order chi connectivity index (χ0) is 25.9. The summed E-state index contributed by atoms with van der Waals surface area (Å²) in [5.74, 6) is 1.01. The molecule has 1 aromatic heterocycles. The Labute approximate surface area is 218 Å². The number of anilines is 1. The first-order chi connectivity index (χ1) is 16.6. The smallest absolute Gasteiger partial charge is 0.270 e. The second-order valence-corrected chi connectivity index (χ2v) is 11.3. The maximum Gasteiger partial charge on any atom is 0.270 e. The third-order valence-electron chi connectivity index (χ3n) is 6.82. The molecule has 0 spiro atoms. The van der Waals surface area contributed by atoms with Gasteiger partial charge in [-0.1, -0.05) is 57.1 Å². The molecule has 2 fully saturated rings. The Balaban J connectivity index is 2.06. The first kappa shape index (κ1) is 27.4. The lowest BCUT2D eigenvalue weighted by atomic mass is 9.99. The Bertz CT molecular complexity index is 1110. The number of unbranched alkanes of at least 4 members (excludes halogenated alkanes) is 1. The minimum absolute atomic E-state index is 0.00930. The predicted octanol–water partition coefficient (Wildman–Crippen LogP) is 4.60. The molecule has 0 N–H and O–H groups in total. The fourth-order valence-corrected chi connectivity index (χ4v) is 6.17. The molecule has 0 aliphatic carbocycles. The van der Waals surface area contributed by atoms with Gasteiger partial charge in [0.25, 0.3) is 11.5 Å². The Kier molecular flexibility index (Phi) is 9.19. The van der Waals surface area contributed by atoms with Crippen molar-refractivity contribution < 1.29 is 9.53 Å². The number of rotatable bonds is 8. The molecule has 3 atom stereocenters. The van der Waals surface area contributed by atoms with Crippen LogP contribution in [0.25, 0.3) is 6.08 Å². The van der Waals surface area contributed by atoms with Gasteiger partial charge in [-0.2, -0.15) is 5.26 Å². The molecule has 3 heterocycles. The van der Waals surface area contributed by atoms with Gasteiger partial charge >= 0.3 is 0 Å². The summed E-state index contributed by atoms with van der Waals surface area (Å²) in [6, 6.07) is 2.07. The summed E-state index contributed by atoms with van der Waals surface area (Å²) in [7, 11) is 1.69. The highest BCUT2D eigenvalue weighted by atomic mass is 32.2. The van der Waals surface area contributed by atoms with Crippen LogP contribution in [-0.2, 0) is 16.6 Å². The van der Waals surface area contributed by atoms with Crippen molar-refractivity contribution >= 4 is 46.1 Å². The van der Waals surface area contributed by atoms with E-state index in [4.69, 9.17) is 17.0 Å². The Morgan fingerprint density at radius 2 is 1.91 bits per heavy atom. The van der Waals surface area contributed by atoms with Crippen molar-refractivity contribution in [1.29, 1.82) is 5.26 Å². The minimum atomic E-state index is -0.335. The number of thiocarbonyl (C=S) groups is 1. The highest BCUT2D eigenvalue weighted by molar-refractivity contribution is 8.26. The predicted molar refractivity (Wildman–Crippen MR) is 147 cm³/mol. The van der Waals surface area contributed by atoms with Crippen LogP contribution < -0.4 is 10.5 Å². The van der Waals surface area contributed by atoms with Crippen LogP contribution in [0, 0.1) is 24.2 Å². The van der Waals surface area contributed by atoms with E-state index in [1.807, 2.05) is 19.9 Å². The lowest BCUT2D eigenvalue weighted by Gasteiger charge is -2.38. The van der Waals surface area contributed by atoms with Crippen molar-refractivity contribution in [2.75, 3.05) is 24.5 Å². The summed E-state index contributed by atoms with van der Waals surface area (Å²) < 4.78 is 7.99. The van der Waals surface area contributed by atoms with Gasteiger partial charge in [-0.3, -0.25) is 19.1 Å². The average molecular weight is 517 g/mol. The molecule has 7 nitrogen and oxygen atoms in total. The second-order valence-electron chi connectivity index (χ2n) is 9.58. The maximum atomic E-state index is 13.4. The zero-order valence-electron chi connectivity index (χ0n) is 21.6. The summed E-state index contributed by atoms with van der Waals surface area (Å²) in [6.07, 6.45) is 6.14. The summed E-state index contributed by atoms with van der Waals surface area (Å²) >= 11 is 6.90. The molecule has 0 saturated carbocycles. The molecule has 3 unspecified atom stereocenters. The van der Waals surface area contributed by atoms with Crippen LogP contribution in [0.5, 0.6) is 0 Å². The molecule has 0 bridgehead atoms. The van der Waals surface area contributed by atoms with Gasteiger partial charge in [0.2, 0.25) is 0 Å². The normalized spacial score (nSPS) is 22.7. The Morgan fingerprint density at radius 3 is 2.49 bits per heavy atom. The molecule has 3 rings (SSSR count). The lowest BCUT2D eigenvalue weighted by molar-refractivity contribution is -0.122. The van der Waals surface area contributed by atoms with E-state index in [0.29, 0.717) is 51.7 Å². The van der Waals surface area contributed by atoms with E-state index in [-0.39, 0.29) is 29.2 Å². The number of pyridine rings is 1. The quantitative estimate of drug-likeness (QED) is 0.369. The van der Waals surface area contributed by atoms with E-state index >= 15 is 0 Å². The van der Waals surface area contributed by atoms with Crippen LogP contribution in [0.4, 0.5) is 5.82 Å². The van der Waals surface area contributed by atoms with Gasteiger partial charge in [-0.15, -0.1) is 0 Å². The third kappa shape index (κ3) is 5.82. The van der Waals surface area contributed by atoms with Crippen molar-refractivity contribution in [3.8, 4) is 6.07 Å². The van der Waals surface area contributed by atoms with Gasteiger partial charge in [0, 0.05) is 32.2 Å². The fraction of sp³-hybridized carbons (Fsp3) is 0.615. The lowest BCUT2D eigenvalue weighted by Crippen LogP contribution is -2.47. The Morgan fingerprint density at radius 1 is 1.26 bits per heavy atom. The summed E-state index contributed by atoms with van der Waals surface area (Å²) in [5, 5.41) is 9.71. The van der Waals surface area contributed by atoms with Crippen LogP contribution >= 0.6 is 24.0 Å². The van der Waals surface area contributed by atoms with Crippen molar-refractivity contribution in [3.63, 3.8) is 0 Å². The largest absolute Gasteiger partial charge is 0.372 e. The second kappa shape index (κ2) is 11.7. The number of aromatic nitrogens is 1. The van der Waals surface area contributed by atoms with Crippen molar-refractivity contribution in [2.24, 2.45) is 13.0 Å². The van der Waals surface area contributed by atoms with Crippen LogP contribution in [0.1, 0.15) is 70.1 Å². The van der Waals surface area contributed by atoms with E-state index in [9.17, 15) is 14.9 Å². The number of ether oxygens (including phenoxy) is 1. The summed E-state index contributed by atoms with van der Waals surface area (Å²) in [4.78, 5) is 30.8. The first-order valence-electron chi connectivity index (χ1n) is 12.4. The highest BCUT2D eigenvalue weighted by Gasteiger charge is 2.35. The third-order valence-corrected chi connectivity index (χ3v) is 8.20. The van der Waals surface area contributed by atoms with Crippen LogP contribution in [0.2, 0.25) is 0 Å². The van der Waals surface area contributed by atoms with E-state index in [0.717, 1.165) is 25.7 Å². The fourth-order valence-electron chi connectivity index (χ4n) is 4.91. The zero-order valence-corrected chi connectivity index (χ0v) is 23.2. The van der Waals surface area contributed by atoms with Crippen LogP contribution in [0.3, 0.4) is 0 Å². The maximum absolute atomic E-state index is 13.4. The number of hydrogen-bond donors (Lipinski definition) is 0. The van der Waals surface area contributed by atoms with E-state index in [2.05, 4.69) is 24.8 Å². The number of amides is 1. The summed E-state index contributed by atoms with van der Waals surface area (Å²) in [5.41, 5.74) is 1.05. The minimum Gasteiger partial charge on any atom is -0.372 e. The van der Waals surface area contributed by atoms with E-state index < -0.39 is 0 Å². The Hall–Kier alpha value is -2.15. The van der Waals surface area contributed by atoms with Gasteiger partial charge in [0.05, 0.1) is 17.1 Å². The molecule has 190 valence electrons. The molecular formula is C26H36N4O3S2. The van der Waals surface area contributed by atoms with E-state index in [1.165, 1.54) is 16.3 Å². The molecule has 0 aromatic carbocycles. The summed E-state index contributed by atoms with van der Waals surface area (Å²) in [6.45, 7) is 12.0. The number of hydrogen-bond acceptors (Lipinski definition) is 7. The molecular weight excluding hydrogens is 480 g/mol. The van der Waals surface area contributed by atoms with E-state index in [1.54, 1.807) is 18.9 Å². The standard InChI is InChI=1S/C26H36N4O3S2/c1-7-9-10-19(8-2)15-30-25(32)22(35-26(30)34)11-20-18(5)21(12-27)24(31)28(6)23(20)29-13-16(3)33-17(4)14-29/h11,16-17,19H,7-10,13-15H2,1-6H3/b22-11+.